The number of halogens is 7. The van der Waals surface area contributed by atoms with Crippen molar-refractivity contribution in [1.82, 2.24) is 4.98 Å². The van der Waals surface area contributed by atoms with Crippen LogP contribution in [-0.4, -0.2) is 15.7 Å². The van der Waals surface area contributed by atoms with Crippen molar-refractivity contribution in [2.24, 2.45) is 0 Å². The number of rotatable bonds is 7. The third-order valence-electron chi connectivity index (χ3n) is 5.15. The Kier molecular flexibility index (Phi) is 7.22. The van der Waals surface area contributed by atoms with E-state index >= 15 is 0 Å². The third-order valence-corrected chi connectivity index (χ3v) is 5.15. The van der Waals surface area contributed by atoms with E-state index in [1.165, 1.54) is 0 Å². The van der Waals surface area contributed by atoms with Gasteiger partial charge in [-0.05, 0) is 41.5 Å². The largest absolute Gasteiger partial charge is 0.418 e. The number of aromatic nitrogens is 1. The lowest BCUT2D eigenvalue weighted by Crippen LogP contribution is -2.18. The van der Waals surface area contributed by atoms with Gasteiger partial charge in [0.25, 0.3) is 0 Å². The average Bonchev–Trinajstić information content (AvgIpc) is 2.77. The third kappa shape index (κ3) is 6.19. The number of pyridine rings is 1. The lowest BCUT2D eigenvalue weighted by molar-refractivity contribution is -0.387. The highest BCUT2D eigenvalue weighted by atomic mass is 19.4. The number of Topliss-reactive ketones (excluding diaryl/α,β-unsaturated/α-hetero) is 1. The molecule has 0 aliphatic rings. The smallest absolute Gasteiger partial charge is 0.299 e. The van der Waals surface area contributed by atoms with Crippen LogP contribution in [0.5, 0.6) is 0 Å². The maximum atomic E-state index is 13.6. The molecule has 0 aliphatic heterocycles. The van der Waals surface area contributed by atoms with E-state index in [0.717, 1.165) is 48.7 Å². The van der Waals surface area contributed by atoms with Gasteiger partial charge in [-0.3, -0.25) is 19.9 Å². The monoisotopic (exact) mass is 500 g/mol. The number of hydrogen-bond donors (Lipinski definition) is 0. The number of nitro groups is 1. The van der Waals surface area contributed by atoms with Gasteiger partial charge in [-0.15, -0.1) is 0 Å². The molecule has 35 heavy (non-hydrogen) atoms. The summed E-state index contributed by atoms with van der Waals surface area (Å²) in [5.41, 5.74) is -3.58. The standard InChI is InChI=1S/C23H15F7N2O3/c24-19-8-3-13(11-20(19)32(34)35)10-16(33)12-17(14-4-6-15(7-5-14)22(25,26)27)21-18(23(28,29)30)2-1-9-31-21/h1-9,11,17H,10,12H2/t17-/m0/s1. The molecule has 0 spiro atoms. The van der Waals surface area contributed by atoms with Crippen LogP contribution in [-0.2, 0) is 23.6 Å². The lowest BCUT2D eigenvalue weighted by atomic mass is 9.86. The van der Waals surface area contributed by atoms with E-state index in [4.69, 9.17) is 0 Å². The highest BCUT2D eigenvalue weighted by Crippen LogP contribution is 2.39. The molecule has 1 aromatic heterocycles. The molecule has 0 bridgehead atoms. The number of ketones is 1. The minimum Gasteiger partial charge on any atom is -0.299 e. The first kappa shape index (κ1) is 25.8. The summed E-state index contributed by atoms with van der Waals surface area (Å²) in [4.78, 5) is 26.5. The van der Waals surface area contributed by atoms with E-state index in [2.05, 4.69) is 4.98 Å². The predicted molar refractivity (Wildman–Crippen MR) is 109 cm³/mol. The summed E-state index contributed by atoms with van der Waals surface area (Å²) in [6.07, 6.45) is -9.55. The summed E-state index contributed by atoms with van der Waals surface area (Å²) in [5.74, 6) is -3.18. The Hall–Kier alpha value is -3.83. The van der Waals surface area contributed by atoms with Crippen LogP contribution >= 0.6 is 0 Å². The number of carbonyl (C=O) groups excluding carboxylic acids is 1. The van der Waals surface area contributed by atoms with E-state index in [-0.39, 0.29) is 11.1 Å². The predicted octanol–water partition coefficient (Wildman–Crippen LogP) is 6.50. The molecule has 1 atom stereocenters. The first-order valence-corrected chi connectivity index (χ1v) is 9.91. The first-order valence-electron chi connectivity index (χ1n) is 9.91. The van der Waals surface area contributed by atoms with Gasteiger partial charge in [-0.1, -0.05) is 18.2 Å². The molecule has 0 aliphatic carbocycles. The summed E-state index contributed by atoms with van der Waals surface area (Å²) in [6, 6.07) is 7.84. The fourth-order valence-electron chi connectivity index (χ4n) is 3.55. The summed E-state index contributed by atoms with van der Waals surface area (Å²) >= 11 is 0. The van der Waals surface area contributed by atoms with Crippen molar-refractivity contribution in [3.63, 3.8) is 0 Å². The minimum absolute atomic E-state index is 0.0133. The number of nitro benzene ring substituents is 1. The van der Waals surface area contributed by atoms with Crippen molar-refractivity contribution in [2.45, 2.75) is 31.1 Å². The van der Waals surface area contributed by atoms with Crippen molar-refractivity contribution in [3.8, 4) is 0 Å². The Labute approximate surface area is 193 Å². The minimum atomic E-state index is -4.85. The fourth-order valence-corrected chi connectivity index (χ4v) is 3.55. The molecule has 0 N–H and O–H groups in total. The van der Waals surface area contributed by atoms with Gasteiger partial charge in [0.05, 0.1) is 21.7 Å². The van der Waals surface area contributed by atoms with Crippen molar-refractivity contribution >= 4 is 11.5 Å². The Bertz CT molecular complexity index is 1240. The molecule has 0 saturated carbocycles. The van der Waals surface area contributed by atoms with Crippen LogP contribution in [0, 0.1) is 15.9 Å². The normalized spacial score (nSPS) is 12.9. The SMILES string of the molecule is O=C(Cc1ccc(F)c([N+](=O)[O-])c1)C[C@@H](c1ccc(C(F)(F)F)cc1)c1ncccc1C(F)(F)F. The van der Waals surface area contributed by atoms with Gasteiger partial charge < -0.3 is 0 Å². The second-order valence-corrected chi connectivity index (χ2v) is 7.57. The van der Waals surface area contributed by atoms with Crippen LogP contribution < -0.4 is 0 Å². The van der Waals surface area contributed by atoms with Crippen molar-refractivity contribution in [2.75, 3.05) is 0 Å². The molecular weight excluding hydrogens is 485 g/mol. The highest BCUT2D eigenvalue weighted by Gasteiger charge is 2.37. The van der Waals surface area contributed by atoms with Gasteiger partial charge in [0, 0.05) is 31.0 Å². The number of alkyl halides is 6. The molecule has 1 heterocycles. The summed E-state index contributed by atoms with van der Waals surface area (Å²) in [5, 5.41) is 10.9. The van der Waals surface area contributed by atoms with Crippen LogP contribution in [0.3, 0.4) is 0 Å². The number of carbonyl (C=O) groups is 1. The van der Waals surface area contributed by atoms with Gasteiger partial charge in [0.1, 0.15) is 5.78 Å². The van der Waals surface area contributed by atoms with E-state index in [1.54, 1.807) is 0 Å². The fraction of sp³-hybridized carbons (Fsp3) is 0.217. The zero-order chi connectivity index (χ0) is 26.0. The van der Waals surface area contributed by atoms with Crippen LogP contribution in [0.2, 0.25) is 0 Å². The van der Waals surface area contributed by atoms with Crippen LogP contribution in [0.25, 0.3) is 0 Å². The van der Waals surface area contributed by atoms with Gasteiger partial charge in [-0.25, -0.2) is 0 Å². The maximum absolute atomic E-state index is 13.6. The van der Waals surface area contributed by atoms with Gasteiger partial charge in [0.2, 0.25) is 5.82 Å². The van der Waals surface area contributed by atoms with Gasteiger partial charge in [-0.2, -0.15) is 30.7 Å². The highest BCUT2D eigenvalue weighted by molar-refractivity contribution is 5.82. The molecule has 3 aromatic rings. The maximum Gasteiger partial charge on any atom is 0.418 e. The van der Waals surface area contributed by atoms with Crippen molar-refractivity contribution < 1.29 is 40.5 Å². The first-order chi connectivity index (χ1) is 16.3. The molecule has 0 amide bonds. The zero-order valence-electron chi connectivity index (χ0n) is 17.5. The van der Waals surface area contributed by atoms with Gasteiger partial charge >= 0.3 is 18.0 Å². The van der Waals surface area contributed by atoms with Gasteiger partial charge in [0.15, 0.2) is 0 Å². The number of hydrogen-bond acceptors (Lipinski definition) is 4. The Morgan fingerprint density at radius 3 is 2.20 bits per heavy atom. The van der Waals surface area contributed by atoms with Crippen LogP contribution in [0.15, 0.2) is 60.8 Å². The average molecular weight is 500 g/mol. The number of nitrogens with zero attached hydrogens (tertiary/aromatic N) is 2. The molecule has 12 heteroatoms. The van der Waals surface area contributed by atoms with Crippen LogP contribution in [0.1, 0.15) is 40.3 Å². The van der Waals surface area contributed by atoms with E-state index in [1.807, 2.05) is 0 Å². The molecular formula is C23H15F7N2O3. The molecule has 184 valence electrons. The second kappa shape index (κ2) is 9.80. The van der Waals surface area contributed by atoms with Crippen molar-refractivity contribution in [1.29, 1.82) is 0 Å². The zero-order valence-corrected chi connectivity index (χ0v) is 17.5. The molecule has 0 unspecified atom stereocenters. The summed E-state index contributed by atoms with van der Waals surface area (Å²) in [6.45, 7) is 0. The van der Waals surface area contributed by atoms with Crippen molar-refractivity contribution in [3.05, 3.63) is 105 Å². The summed E-state index contributed by atoms with van der Waals surface area (Å²) < 4.78 is 93.2. The quantitative estimate of drug-likeness (QED) is 0.211. The lowest BCUT2D eigenvalue weighted by Gasteiger charge is -2.21. The topological polar surface area (TPSA) is 73.1 Å². The molecule has 0 saturated heterocycles. The Morgan fingerprint density at radius 1 is 0.971 bits per heavy atom. The number of benzene rings is 2. The molecule has 0 fully saturated rings. The Balaban J connectivity index is 1.99. The van der Waals surface area contributed by atoms with E-state index < -0.39 is 70.1 Å². The van der Waals surface area contributed by atoms with Crippen LogP contribution in [0.4, 0.5) is 36.4 Å². The molecule has 2 aromatic carbocycles. The van der Waals surface area contributed by atoms with E-state index in [9.17, 15) is 45.6 Å². The second-order valence-electron chi connectivity index (χ2n) is 7.57. The molecule has 0 radical (unpaired) electrons. The molecule has 3 rings (SSSR count). The summed E-state index contributed by atoms with van der Waals surface area (Å²) in [7, 11) is 0. The Morgan fingerprint density at radius 2 is 1.63 bits per heavy atom. The molecule has 5 nitrogen and oxygen atoms in total. The van der Waals surface area contributed by atoms with E-state index in [0.29, 0.717) is 12.1 Å².